The number of aryl methyl sites for hydroxylation is 1. The number of carboxylic acid groups (broad SMARTS) is 1. The summed E-state index contributed by atoms with van der Waals surface area (Å²) in [6.07, 6.45) is 3.90. The van der Waals surface area contributed by atoms with E-state index in [4.69, 9.17) is 4.74 Å². The number of ether oxygens (including phenoxy) is 1. The maximum Gasteiger partial charge on any atom is 0.356 e. The average Bonchev–Trinajstić information content (AvgIpc) is 2.91. The van der Waals surface area contributed by atoms with Crippen molar-refractivity contribution in [2.24, 2.45) is 7.05 Å². The van der Waals surface area contributed by atoms with Crippen LogP contribution in [0.5, 0.6) is 5.75 Å². The third-order valence-corrected chi connectivity index (χ3v) is 4.08. The molecule has 0 aliphatic carbocycles. The first-order chi connectivity index (χ1) is 11.1. The number of carboxylic acids is 1. The van der Waals surface area contributed by atoms with E-state index in [9.17, 15) is 9.90 Å². The van der Waals surface area contributed by atoms with Crippen LogP contribution in [-0.2, 0) is 13.6 Å². The molecular formula is C17H21N3O3. The van der Waals surface area contributed by atoms with Crippen molar-refractivity contribution in [3.05, 3.63) is 47.8 Å². The van der Waals surface area contributed by atoms with E-state index in [-0.39, 0.29) is 11.8 Å². The predicted octanol–water partition coefficient (Wildman–Crippen LogP) is 2.16. The minimum Gasteiger partial charge on any atom is -0.490 e. The molecule has 23 heavy (non-hydrogen) atoms. The van der Waals surface area contributed by atoms with Crippen molar-refractivity contribution in [1.82, 2.24) is 14.7 Å². The van der Waals surface area contributed by atoms with Crippen LogP contribution in [-0.4, -0.2) is 44.9 Å². The minimum absolute atomic E-state index is 0.148. The molecule has 1 aromatic carbocycles. The van der Waals surface area contributed by atoms with Gasteiger partial charge in [-0.15, -0.1) is 0 Å². The molecule has 0 atom stereocenters. The number of hydrogen-bond acceptors (Lipinski definition) is 4. The van der Waals surface area contributed by atoms with Crippen molar-refractivity contribution in [1.29, 1.82) is 0 Å². The lowest BCUT2D eigenvalue weighted by Crippen LogP contribution is -2.38. The molecule has 122 valence electrons. The Hall–Kier alpha value is -2.34. The zero-order valence-electron chi connectivity index (χ0n) is 13.2. The molecule has 3 rings (SSSR count). The average molecular weight is 315 g/mol. The normalized spacial score (nSPS) is 16.4. The third-order valence-electron chi connectivity index (χ3n) is 4.08. The Bertz CT molecular complexity index is 661. The van der Waals surface area contributed by atoms with Gasteiger partial charge in [0.05, 0.1) is 0 Å². The van der Waals surface area contributed by atoms with Gasteiger partial charge in [-0.25, -0.2) is 4.79 Å². The van der Waals surface area contributed by atoms with Crippen LogP contribution < -0.4 is 4.74 Å². The van der Waals surface area contributed by atoms with Crippen LogP contribution in [0.25, 0.3) is 0 Å². The van der Waals surface area contributed by atoms with Gasteiger partial charge in [0.25, 0.3) is 0 Å². The number of benzene rings is 1. The van der Waals surface area contributed by atoms with Gasteiger partial charge in [0.2, 0.25) is 0 Å². The molecule has 1 aliphatic rings. The summed E-state index contributed by atoms with van der Waals surface area (Å²) in [6.45, 7) is 2.41. The Kier molecular flexibility index (Phi) is 4.62. The van der Waals surface area contributed by atoms with E-state index in [1.54, 1.807) is 17.9 Å². The lowest BCUT2D eigenvalue weighted by atomic mass is 10.1. The fourth-order valence-electron chi connectivity index (χ4n) is 2.95. The lowest BCUT2D eigenvalue weighted by Gasteiger charge is -2.32. The SMILES string of the molecule is Cn1cc(CN2CCC(Oc3ccccc3)CC2)c(C(=O)O)n1. The second-order valence-electron chi connectivity index (χ2n) is 5.89. The van der Waals surface area contributed by atoms with Crippen molar-refractivity contribution >= 4 is 5.97 Å². The van der Waals surface area contributed by atoms with Gasteiger partial charge in [-0.1, -0.05) is 18.2 Å². The number of rotatable bonds is 5. The summed E-state index contributed by atoms with van der Waals surface area (Å²) in [7, 11) is 1.75. The highest BCUT2D eigenvalue weighted by molar-refractivity contribution is 5.86. The first-order valence-corrected chi connectivity index (χ1v) is 7.81. The van der Waals surface area contributed by atoms with Gasteiger partial charge in [-0.05, 0) is 25.0 Å². The number of hydrogen-bond donors (Lipinski definition) is 1. The molecule has 0 spiro atoms. The number of likely N-dealkylation sites (tertiary alicyclic amines) is 1. The van der Waals surface area contributed by atoms with Crippen LogP contribution in [0.2, 0.25) is 0 Å². The van der Waals surface area contributed by atoms with E-state index in [1.807, 2.05) is 30.3 Å². The molecule has 1 aromatic heterocycles. The highest BCUT2D eigenvalue weighted by Crippen LogP contribution is 2.20. The first-order valence-electron chi connectivity index (χ1n) is 7.81. The number of para-hydroxylation sites is 1. The van der Waals surface area contributed by atoms with Crippen molar-refractivity contribution in [3.8, 4) is 5.75 Å². The Morgan fingerprint density at radius 3 is 2.65 bits per heavy atom. The maximum absolute atomic E-state index is 11.2. The van der Waals surface area contributed by atoms with E-state index < -0.39 is 5.97 Å². The highest BCUT2D eigenvalue weighted by Gasteiger charge is 2.23. The zero-order valence-corrected chi connectivity index (χ0v) is 13.2. The molecule has 0 saturated carbocycles. The Morgan fingerprint density at radius 1 is 1.30 bits per heavy atom. The molecule has 1 saturated heterocycles. The van der Waals surface area contributed by atoms with Crippen LogP contribution in [0.15, 0.2) is 36.5 Å². The van der Waals surface area contributed by atoms with Crippen molar-refractivity contribution < 1.29 is 14.6 Å². The van der Waals surface area contributed by atoms with Gasteiger partial charge < -0.3 is 9.84 Å². The van der Waals surface area contributed by atoms with Crippen LogP contribution in [0.3, 0.4) is 0 Å². The van der Waals surface area contributed by atoms with Gasteiger partial charge >= 0.3 is 5.97 Å². The molecule has 1 fully saturated rings. The van der Waals surface area contributed by atoms with Crippen molar-refractivity contribution in [3.63, 3.8) is 0 Å². The zero-order chi connectivity index (χ0) is 16.2. The van der Waals surface area contributed by atoms with Crippen LogP contribution in [0.4, 0.5) is 0 Å². The van der Waals surface area contributed by atoms with Crippen LogP contribution in [0.1, 0.15) is 28.9 Å². The van der Waals surface area contributed by atoms with Gasteiger partial charge in [-0.3, -0.25) is 9.58 Å². The van der Waals surface area contributed by atoms with Crippen molar-refractivity contribution in [2.75, 3.05) is 13.1 Å². The lowest BCUT2D eigenvalue weighted by molar-refractivity contribution is 0.0683. The van der Waals surface area contributed by atoms with Gasteiger partial charge in [0.1, 0.15) is 11.9 Å². The van der Waals surface area contributed by atoms with E-state index in [2.05, 4.69) is 10.00 Å². The summed E-state index contributed by atoms with van der Waals surface area (Å²) in [5.41, 5.74) is 0.914. The summed E-state index contributed by atoms with van der Waals surface area (Å²) in [4.78, 5) is 13.5. The molecular weight excluding hydrogens is 294 g/mol. The molecule has 2 aromatic rings. The second kappa shape index (κ2) is 6.83. The summed E-state index contributed by atoms with van der Waals surface area (Å²) in [6, 6.07) is 9.87. The molecule has 1 aliphatic heterocycles. The van der Waals surface area contributed by atoms with Gasteiger partial charge in [0.15, 0.2) is 5.69 Å². The number of piperidine rings is 1. The van der Waals surface area contributed by atoms with Crippen LogP contribution in [0, 0.1) is 0 Å². The molecule has 0 bridgehead atoms. The molecule has 6 nitrogen and oxygen atoms in total. The highest BCUT2D eigenvalue weighted by atomic mass is 16.5. The number of aromatic nitrogens is 2. The van der Waals surface area contributed by atoms with Crippen LogP contribution >= 0.6 is 0 Å². The van der Waals surface area contributed by atoms with Crippen molar-refractivity contribution in [2.45, 2.75) is 25.5 Å². The smallest absolute Gasteiger partial charge is 0.356 e. The molecule has 6 heteroatoms. The Morgan fingerprint density at radius 2 is 2.00 bits per heavy atom. The fourth-order valence-corrected chi connectivity index (χ4v) is 2.95. The van der Waals surface area contributed by atoms with E-state index in [0.717, 1.165) is 37.2 Å². The summed E-state index contributed by atoms with van der Waals surface area (Å²) < 4.78 is 7.54. The van der Waals surface area contributed by atoms with Gasteiger partial charge in [-0.2, -0.15) is 5.10 Å². The minimum atomic E-state index is -0.970. The van der Waals surface area contributed by atoms with E-state index >= 15 is 0 Å². The standard InChI is InChI=1S/C17H21N3O3/c1-19-11-13(16(18-19)17(21)22)12-20-9-7-15(8-10-20)23-14-5-3-2-4-6-14/h2-6,11,15H,7-10,12H2,1H3,(H,21,22). The maximum atomic E-state index is 11.2. The monoisotopic (exact) mass is 315 g/mol. The number of aromatic carboxylic acids is 1. The summed E-state index contributed by atoms with van der Waals surface area (Å²) in [5.74, 6) is -0.0609. The largest absolute Gasteiger partial charge is 0.490 e. The fraction of sp³-hybridized carbons (Fsp3) is 0.412. The van der Waals surface area contributed by atoms with E-state index in [0.29, 0.717) is 6.54 Å². The molecule has 2 heterocycles. The topological polar surface area (TPSA) is 67.6 Å². The Labute approximate surface area is 135 Å². The van der Waals surface area contributed by atoms with Gasteiger partial charge in [0, 0.05) is 38.4 Å². The number of nitrogens with zero attached hydrogens (tertiary/aromatic N) is 3. The number of carbonyl (C=O) groups is 1. The third kappa shape index (κ3) is 3.90. The molecule has 0 amide bonds. The Balaban J connectivity index is 1.54. The summed E-state index contributed by atoms with van der Waals surface area (Å²) in [5, 5.41) is 13.2. The quantitative estimate of drug-likeness (QED) is 0.916. The molecule has 0 radical (unpaired) electrons. The molecule has 0 unspecified atom stereocenters. The second-order valence-corrected chi connectivity index (χ2v) is 5.89. The molecule has 1 N–H and O–H groups in total. The predicted molar refractivity (Wildman–Crippen MR) is 85.5 cm³/mol. The first kappa shape index (κ1) is 15.6. The summed E-state index contributed by atoms with van der Waals surface area (Å²) >= 11 is 0. The van der Waals surface area contributed by atoms with E-state index in [1.165, 1.54) is 0 Å².